The van der Waals surface area contributed by atoms with Crippen molar-refractivity contribution in [2.24, 2.45) is 28.6 Å². The van der Waals surface area contributed by atoms with Crippen LogP contribution in [-0.4, -0.2) is 40.9 Å². The predicted molar refractivity (Wildman–Crippen MR) is 159 cm³/mol. The molecular weight excluding hydrogens is 532 g/mol. The zero-order valence-corrected chi connectivity index (χ0v) is 25.7. The van der Waals surface area contributed by atoms with Crippen LogP contribution in [0, 0.1) is 28.6 Å². The first-order chi connectivity index (χ1) is 20.1. The minimum absolute atomic E-state index is 0.0552. The van der Waals surface area contributed by atoms with Crippen LogP contribution in [0.4, 0.5) is 4.79 Å². The fraction of sp³-hybridized carbons (Fsp3) is 0.794. The highest BCUT2D eigenvalue weighted by molar-refractivity contribution is 5.75. The Hall–Kier alpha value is -2.35. The molecule has 2 amide bonds. The van der Waals surface area contributed by atoms with Crippen molar-refractivity contribution in [2.75, 3.05) is 0 Å². The lowest BCUT2D eigenvalue weighted by atomic mass is 9.43. The van der Waals surface area contributed by atoms with Gasteiger partial charge >= 0.3 is 11.7 Å². The van der Waals surface area contributed by atoms with Gasteiger partial charge in [0.05, 0.1) is 11.9 Å². The lowest BCUT2D eigenvalue weighted by Gasteiger charge is -2.63. The van der Waals surface area contributed by atoms with Crippen LogP contribution in [0.15, 0.2) is 27.6 Å². The van der Waals surface area contributed by atoms with Crippen molar-refractivity contribution in [3.63, 3.8) is 0 Å². The largest absolute Gasteiger partial charge is 0.446 e. The summed E-state index contributed by atoms with van der Waals surface area (Å²) < 4.78 is 11.2. The Morgan fingerprint density at radius 3 is 2.36 bits per heavy atom. The molecule has 0 spiro atoms. The highest BCUT2D eigenvalue weighted by Crippen LogP contribution is 2.70. The fourth-order valence-corrected chi connectivity index (χ4v) is 10.5. The summed E-state index contributed by atoms with van der Waals surface area (Å²) in [6, 6.07) is 3.72. The van der Waals surface area contributed by atoms with Gasteiger partial charge in [0.15, 0.2) is 0 Å². The van der Waals surface area contributed by atoms with E-state index in [9.17, 15) is 19.5 Å². The maximum atomic E-state index is 12.9. The van der Waals surface area contributed by atoms with Crippen LogP contribution in [0.3, 0.4) is 0 Å². The Morgan fingerprint density at radius 2 is 1.67 bits per heavy atom. The topological polar surface area (TPSA) is 118 Å². The van der Waals surface area contributed by atoms with Gasteiger partial charge in [-0.25, -0.2) is 9.59 Å². The van der Waals surface area contributed by atoms with Gasteiger partial charge in [0.2, 0.25) is 5.91 Å². The molecule has 232 valence electrons. The number of ether oxygens (including phenoxy) is 1. The number of carbonyl (C=O) groups is 2. The molecule has 3 N–H and O–H groups in total. The first-order valence-corrected chi connectivity index (χ1v) is 16.6. The SMILES string of the molecule is CCC(=O)NC1CCC(NC(=O)O[C@H]2CC[C@@]3(C)[C@H](CC[C@@H]4[C@@H]3CC[C@]3(C)[C@@H](c5ccc(=O)oc5)CC[C@]43O)C2)CC1. The molecular formula is C34H50N2O6. The summed E-state index contributed by atoms with van der Waals surface area (Å²) in [5.41, 5.74) is -0.0777. The molecule has 0 radical (unpaired) electrons. The van der Waals surface area contributed by atoms with Crippen molar-refractivity contribution in [1.29, 1.82) is 0 Å². The fourth-order valence-electron chi connectivity index (χ4n) is 10.5. The van der Waals surface area contributed by atoms with Crippen LogP contribution in [0.25, 0.3) is 0 Å². The number of aliphatic hydroxyl groups is 1. The third kappa shape index (κ3) is 5.09. The Balaban J connectivity index is 1.05. The number of amides is 2. The number of hydrogen-bond acceptors (Lipinski definition) is 6. The molecule has 8 heteroatoms. The summed E-state index contributed by atoms with van der Waals surface area (Å²) in [5, 5.41) is 18.6. The average molecular weight is 583 g/mol. The van der Waals surface area contributed by atoms with Crippen molar-refractivity contribution >= 4 is 12.0 Å². The molecule has 1 aromatic heterocycles. The number of alkyl carbamates (subject to hydrolysis) is 1. The van der Waals surface area contributed by atoms with Crippen LogP contribution in [0.5, 0.6) is 0 Å². The van der Waals surface area contributed by atoms with Gasteiger partial charge in [0.1, 0.15) is 6.10 Å². The molecule has 0 aliphatic heterocycles. The molecule has 1 aromatic rings. The standard InChI is InChI=1S/C34H50N2O6/c1-4-29(37)35-23-7-9-24(10-8-23)36-31(39)42-25-13-16-32(2)22(19-25)6-11-28-27(32)14-17-33(3)26(15-18-34(28,33)40)21-5-12-30(38)41-20-21/h5,12,20,22-28,40H,4,6-11,13-19H2,1-3H3,(H,35,37)(H,36,39)/t22-,23?,24?,25+,26-,27+,28-,32+,33-,34+/m1/s1. The van der Waals surface area contributed by atoms with Gasteiger partial charge in [-0.3, -0.25) is 4.79 Å². The van der Waals surface area contributed by atoms with Crippen LogP contribution < -0.4 is 16.3 Å². The van der Waals surface area contributed by atoms with Crippen molar-refractivity contribution < 1.29 is 23.8 Å². The number of nitrogens with one attached hydrogen (secondary N) is 2. The smallest absolute Gasteiger partial charge is 0.407 e. The Bertz CT molecular complexity index is 1200. The van der Waals surface area contributed by atoms with E-state index in [1.807, 2.05) is 13.0 Å². The molecule has 0 unspecified atom stereocenters. The van der Waals surface area contributed by atoms with Gasteiger partial charge in [0, 0.05) is 30.0 Å². The lowest BCUT2D eigenvalue weighted by molar-refractivity contribution is -0.205. The molecule has 1 heterocycles. The summed E-state index contributed by atoms with van der Waals surface area (Å²) >= 11 is 0. The van der Waals surface area contributed by atoms with Crippen LogP contribution >= 0.6 is 0 Å². The molecule has 0 aromatic carbocycles. The third-order valence-electron chi connectivity index (χ3n) is 12.9. The number of rotatable bonds is 5. The van der Waals surface area contributed by atoms with Gasteiger partial charge in [-0.2, -0.15) is 0 Å². The minimum atomic E-state index is -0.712. The molecule has 42 heavy (non-hydrogen) atoms. The normalized spacial score (nSPS) is 42.9. The van der Waals surface area contributed by atoms with Crippen molar-refractivity contribution in [2.45, 2.75) is 140 Å². The molecule has 5 aliphatic rings. The van der Waals surface area contributed by atoms with Gasteiger partial charge in [-0.1, -0.05) is 20.8 Å². The Kier molecular flexibility index (Phi) is 7.99. The number of hydrogen-bond donors (Lipinski definition) is 3. The lowest BCUT2D eigenvalue weighted by Crippen LogP contribution is -2.62. The second-order valence-corrected chi connectivity index (χ2v) is 14.8. The monoisotopic (exact) mass is 582 g/mol. The summed E-state index contributed by atoms with van der Waals surface area (Å²) in [5.74, 6) is 1.54. The van der Waals surface area contributed by atoms with Crippen LogP contribution in [-0.2, 0) is 9.53 Å². The molecule has 5 saturated carbocycles. The molecule has 0 bridgehead atoms. The zero-order chi connectivity index (χ0) is 29.7. The van der Waals surface area contributed by atoms with E-state index in [1.54, 1.807) is 6.26 Å². The van der Waals surface area contributed by atoms with Gasteiger partial charge < -0.3 is 24.9 Å². The van der Waals surface area contributed by atoms with E-state index in [1.165, 1.54) is 6.07 Å². The molecule has 8 nitrogen and oxygen atoms in total. The molecule has 0 saturated heterocycles. The third-order valence-corrected chi connectivity index (χ3v) is 12.9. The van der Waals surface area contributed by atoms with Gasteiger partial charge in [0.25, 0.3) is 0 Å². The van der Waals surface area contributed by atoms with E-state index in [2.05, 4.69) is 24.5 Å². The maximum Gasteiger partial charge on any atom is 0.407 e. The van der Waals surface area contributed by atoms with E-state index in [-0.39, 0.29) is 58.5 Å². The van der Waals surface area contributed by atoms with Gasteiger partial charge in [-0.05, 0) is 124 Å². The highest BCUT2D eigenvalue weighted by atomic mass is 16.6. The second-order valence-electron chi connectivity index (χ2n) is 14.8. The Labute approximate surface area is 249 Å². The predicted octanol–water partition coefficient (Wildman–Crippen LogP) is 5.81. The van der Waals surface area contributed by atoms with E-state index >= 15 is 0 Å². The molecule has 6 rings (SSSR count). The summed E-state index contributed by atoms with van der Waals surface area (Å²) in [6.07, 6.45) is 14.0. The van der Waals surface area contributed by atoms with E-state index < -0.39 is 5.60 Å². The van der Waals surface area contributed by atoms with Crippen LogP contribution in [0.2, 0.25) is 0 Å². The zero-order valence-electron chi connectivity index (χ0n) is 25.7. The number of fused-ring (bicyclic) bond motifs is 5. The first kappa shape index (κ1) is 29.7. The average Bonchev–Trinajstić information content (AvgIpc) is 3.25. The molecule has 5 aliphatic carbocycles. The van der Waals surface area contributed by atoms with Crippen LogP contribution in [0.1, 0.15) is 122 Å². The summed E-state index contributed by atoms with van der Waals surface area (Å²) in [6.45, 7) is 6.59. The highest BCUT2D eigenvalue weighted by Gasteiger charge is 2.67. The first-order valence-electron chi connectivity index (χ1n) is 16.6. The van der Waals surface area contributed by atoms with Gasteiger partial charge in [-0.15, -0.1) is 0 Å². The van der Waals surface area contributed by atoms with Crippen molar-refractivity contribution in [3.05, 3.63) is 34.4 Å². The van der Waals surface area contributed by atoms with E-state index in [0.29, 0.717) is 18.3 Å². The molecule has 5 fully saturated rings. The summed E-state index contributed by atoms with van der Waals surface area (Å²) in [4.78, 5) is 36.1. The molecule has 8 atom stereocenters. The second kappa shape index (κ2) is 11.3. The number of carbonyl (C=O) groups excluding carboxylic acids is 2. The minimum Gasteiger partial charge on any atom is -0.446 e. The Morgan fingerprint density at radius 1 is 0.929 bits per heavy atom. The van der Waals surface area contributed by atoms with Crippen molar-refractivity contribution in [1.82, 2.24) is 10.6 Å². The van der Waals surface area contributed by atoms with Crippen molar-refractivity contribution in [3.8, 4) is 0 Å². The maximum absolute atomic E-state index is 12.9. The van der Waals surface area contributed by atoms with E-state index in [0.717, 1.165) is 89.0 Å². The quantitative estimate of drug-likeness (QED) is 0.403. The van der Waals surface area contributed by atoms with E-state index in [4.69, 9.17) is 9.15 Å². The summed E-state index contributed by atoms with van der Waals surface area (Å²) in [7, 11) is 0.